The number of benzene rings is 1. The smallest absolute Gasteiger partial charge is 0.325 e. The fraction of sp³-hybridized carbons (Fsp3) is 0.200. The number of carboxylic acids is 1. The lowest BCUT2D eigenvalue weighted by Gasteiger charge is -2.03. The van der Waals surface area contributed by atoms with Gasteiger partial charge in [0.1, 0.15) is 6.54 Å². The molecule has 0 aliphatic heterocycles. The summed E-state index contributed by atoms with van der Waals surface area (Å²) in [6.45, 7) is -0.252. The highest BCUT2D eigenvalue weighted by molar-refractivity contribution is 7.98. The van der Waals surface area contributed by atoms with Gasteiger partial charge >= 0.3 is 5.97 Å². The van der Waals surface area contributed by atoms with E-state index in [1.807, 2.05) is 18.2 Å². The predicted molar refractivity (Wildman–Crippen MR) is 66.5 cm³/mol. The van der Waals surface area contributed by atoms with E-state index >= 15 is 0 Å². The van der Waals surface area contributed by atoms with Crippen molar-refractivity contribution < 1.29 is 9.90 Å². The number of aromatic nitrogens is 4. The van der Waals surface area contributed by atoms with Gasteiger partial charge in [-0.15, -0.1) is 5.10 Å². The Hall–Kier alpha value is -1.60. The lowest BCUT2D eigenvalue weighted by molar-refractivity contribution is -0.138. The minimum Gasteiger partial charge on any atom is -0.480 e. The Morgan fingerprint density at radius 1 is 1.44 bits per heavy atom. The normalized spacial score (nSPS) is 10.5. The summed E-state index contributed by atoms with van der Waals surface area (Å²) in [6, 6.07) is 7.45. The average molecular weight is 285 g/mol. The molecular weight excluding hydrogens is 276 g/mol. The van der Waals surface area contributed by atoms with Crippen LogP contribution in [-0.4, -0.2) is 31.3 Å². The second-order valence-corrected chi connectivity index (χ2v) is 4.74. The molecule has 94 valence electrons. The molecule has 0 saturated heterocycles. The van der Waals surface area contributed by atoms with Crippen molar-refractivity contribution in [3.63, 3.8) is 0 Å². The van der Waals surface area contributed by atoms with E-state index in [4.69, 9.17) is 16.7 Å². The van der Waals surface area contributed by atoms with Gasteiger partial charge in [0.05, 0.1) is 0 Å². The molecule has 6 nitrogen and oxygen atoms in total. The van der Waals surface area contributed by atoms with Crippen molar-refractivity contribution in [2.75, 3.05) is 0 Å². The van der Waals surface area contributed by atoms with Gasteiger partial charge in [-0.1, -0.05) is 41.6 Å². The molecule has 0 radical (unpaired) electrons. The molecule has 1 aromatic carbocycles. The number of aliphatic carboxylic acids is 1. The number of hydrogen-bond acceptors (Lipinski definition) is 5. The minimum absolute atomic E-state index is 0.252. The van der Waals surface area contributed by atoms with E-state index in [0.717, 1.165) is 5.56 Å². The highest BCUT2D eigenvalue weighted by Gasteiger charge is 2.10. The Kier molecular flexibility index (Phi) is 4.16. The molecule has 0 fully saturated rings. The molecule has 0 saturated carbocycles. The van der Waals surface area contributed by atoms with E-state index in [9.17, 15) is 4.79 Å². The summed E-state index contributed by atoms with van der Waals surface area (Å²) < 4.78 is 1.24. The van der Waals surface area contributed by atoms with Crippen LogP contribution in [0.1, 0.15) is 5.56 Å². The van der Waals surface area contributed by atoms with Crippen LogP contribution in [0.3, 0.4) is 0 Å². The van der Waals surface area contributed by atoms with Crippen molar-refractivity contribution in [3.05, 3.63) is 34.9 Å². The number of tetrazole rings is 1. The molecule has 2 aromatic rings. The Morgan fingerprint density at radius 3 is 2.94 bits per heavy atom. The molecule has 1 heterocycles. The molecular formula is C10H9ClN4O2S. The molecule has 8 heteroatoms. The van der Waals surface area contributed by atoms with Crippen LogP contribution in [0.5, 0.6) is 0 Å². The van der Waals surface area contributed by atoms with E-state index in [-0.39, 0.29) is 6.54 Å². The molecule has 0 spiro atoms. The molecule has 0 atom stereocenters. The summed E-state index contributed by atoms with van der Waals surface area (Å²) >= 11 is 7.36. The van der Waals surface area contributed by atoms with E-state index in [2.05, 4.69) is 15.5 Å². The standard InChI is InChI=1S/C10H9ClN4O2S/c11-8-4-2-1-3-7(8)6-18-10-12-13-14-15(10)5-9(16)17/h1-4H,5-6H2,(H,16,17). The van der Waals surface area contributed by atoms with Gasteiger partial charge in [-0.3, -0.25) is 4.79 Å². The van der Waals surface area contributed by atoms with Crippen LogP contribution in [-0.2, 0) is 17.1 Å². The fourth-order valence-corrected chi connectivity index (χ4v) is 2.45. The highest BCUT2D eigenvalue weighted by atomic mass is 35.5. The minimum atomic E-state index is -0.984. The van der Waals surface area contributed by atoms with E-state index in [1.165, 1.54) is 16.4 Å². The van der Waals surface area contributed by atoms with Crippen molar-refractivity contribution in [2.24, 2.45) is 0 Å². The Labute approximate surface area is 112 Å². The summed E-state index contributed by atoms with van der Waals surface area (Å²) in [5.74, 6) is -0.401. The predicted octanol–water partition coefficient (Wildman–Crippen LogP) is 1.70. The molecule has 0 bridgehead atoms. The second-order valence-electron chi connectivity index (χ2n) is 3.39. The quantitative estimate of drug-likeness (QED) is 0.842. The zero-order chi connectivity index (χ0) is 13.0. The lowest BCUT2D eigenvalue weighted by atomic mass is 10.2. The first-order chi connectivity index (χ1) is 8.66. The maximum atomic E-state index is 10.6. The van der Waals surface area contributed by atoms with Crippen LogP contribution in [0.15, 0.2) is 29.4 Å². The molecule has 0 unspecified atom stereocenters. The first-order valence-corrected chi connectivity index (χ1v) is 6.37. The van der Waals surface area contributed by atoms with Crippen molar-refractivity contribution in [2.45, 2.75) is 17.5 Å². The lowest BCUT2D eigenvalue weighted by Crippen LogP contribution is -2.11. The van der Waals surface area contributed by atoms with E-state index in [0.29, 0.717) is 15.9 Å². The molecule has 0 aliphatic rings. The summed E-state index contributed by atoms with van der Waals surface area (Å²) in [5.41, 5.74) is 0.953. The van der Waals surface area contributed by atoms with Gasteiger partial charge in [-0.25, -0.2) is 4.68 Å². The van der Waals surface area contributed by atoms with Gasteiger partial charge in [0.15, 0.2) is 0 Å². The summed E-state index contributed by atoms with van der Waals surface area (Å²) in [7, 11) is 0. The zero-order valence-electron chi connectivity index (χ0n) is 9.15. The van der Waals surface area contributed by atoms with Crippen molar-refractivity contribution in [1.82, 2.24) is 20.2 Å². The van der Waals surface area contributed by atoms with Crippen LogP contribution < -0.4 is 0 Å². The first-order valence-electron chi connectivity index (χ1n) is 5.01. The SMILES string of the molecule is O=C(O)Cn1nnnc1SCc1ccccc1Cl. The summed E-state index contributed by atoms with van der Waals surface area (Å²) in [4.78, 5) is 10.6. The molecule has 0 aliphatic carbocycles. The monoisotopic (exact) mass is 284 g/mol. The van der Waals surface area contributed by atoms with Gasteiger partial charge in [-0.05, 0) is 22.1 Å². The van der Waals surface area contributed by atoms with Crippen molar-refractivity contribution >= 4 is 29.3 Å². The molecule has 18 heavy (non-hydrogen) atoms. The third kappa shape index (κ3) is 3.21. The van der Waals surface area contributed by atoms with Crippen LogP contribution >= 0.6 is 23.4 Å². The number of carboxylic acid groups (broad SMARTS) is 1. The summed E-state index contributed by atoms with van der Waals surface area (Å²) in [5, 5.41) is 20.7. The average Bonchev–Trinajstić information content (AvgIpc) is 2.75. The molecule has 1 aromatic heterocycles. The number of hydrogen-bond donors (Lipinski definition) is 1. The third-order valence-corrected chi connectivity index (χ3v) is 3.47. The van der Waals surface area contributed by atoms with Gasteiger partial charge < -0.3 is 5.11 Å². The van der Waals surface area contributed by atoms with Crippen LogP contribution in [0.25, 0.3) is 0 Å². The Morgan fingerprint density at radius 2 is 2.22 bits per heavy atom. The number of carbonyl (C=O) groups is 1. The maximum Gasteiger partial charge on any atom is 0.325 e. The number of nitrogens with zero attached hydrogens (tertiary/aromatic N) is 4. The largest absolute Gasteiger partial charge is 0.480 e. The Balaban J connectivity index is 2.05. The maximum absolute atomic E-state index is 10.6. The van der Waals surface area contributed by atoms with E-state index in [1.54, 1.807) is 6.07 Å². The van der Waals surface area contributed by atoms with Gasteiger partial charge in [-0.2, -0.15) is 0 Å². The van der Waals surface area contributed by atoms with Gasteiger partial charge in [0, 0.05) is 10.8 Å². The van der Waals surface area contributed by atoms with E-state index < -0.39 is 5.97 Å². The first kappa shape index (κ1) is 12.8. The second kappa shape index (κ2) is 5.83. The summed E-state index contributed by atoms with van der Waals surface area (Å²) in [6.07, 6.45) is 0. The zero-order valence-corrected chi connectivity index (χ0v) is 10.7. The third-order valence-electron chi connectivity index (χ3n) is 2.10. The highest BCUT2D eigenvalue weighted by Crippen LogP contribution is 2.24. The van der Waals surface area contributed by atoms with Crippen LogP contribution in [0.4, 0.5) is 0 Å². The topological polar surface area (TPSA) is 80.9 Å². The number of rotatable bonds is 5. The number of halogens is 1. The van der Waals surface area contributed by atoms with Gasteiger partial charge in [0.2, 0.25) is 5.16 Å². The van der Waals surface area contributed by atoms with Crippen molar-refractivity contribution in [3.8, 4) is 0 Å². The van der Waals surface area contributed by atoms with Crippen molar-refractivity contribution in [1.29, 1.82) is 0 Å². The van der Waals surface area contributed by atoms with Crippen LogP contribution in [0.2, 0.25) is 5.02 Å². The molecule has 2 rings (SSSR count). The van der Waals surface area contributed by atoms with Gasteiger partial charge in [0.25, 0.3) is 0 Å². The van der Waals surface area contributed by atoms with Crippen LogP contribution in [0, 0.1) is 0 Å². The number of thioether (sulfide) groups is 1. The Bertz CT molecular complexity index is 560. The fourth-order valence-electron chi connectivity index (χ4n) is 1.28. The molecule has 0 amide bonds. The molecule has 1 N–H and O–H groups in total.